The Morgan fingerprint density at radius 2 is 1.38 bits per heavy atom. The van der Waals surface area contributed by atoms with Crippen molar-refractivity contribution in [1.29, 1.82) is 0 Å². The molecule has 0 aromatic carbocycles. The van der Waals surface area contributed by atoms with Crippen LogP contribution in [0.4, 0.5) is 0 Å². The third-order valence-electron chi connectivity index (χ3n) is 6.60. The van der Waals surface area contributed by atoms with Gasteiger partial charge < -0.3 is 9.47 Å². The predicted octanol–water partition coefficient (Wildman–Crippen LogP) is 7.43. The highest BCUT2D eigenvalue weighted by Crippen LogP contribution is 2.58. The molecular weight excluding hydrogens is 356 g/mol. The minimum absolute atomic E-state index is 0.169. The standard InChI is InChI=1S/C27H38O2/c1-6-16-28-24-12-8-22(9-13-24)27(19-21(3)18-26(4,5)20-27)23-10-14-25(15-11-23)29-17-7-2/h6-8,10,12,14,21H,1-2,9,11,13,15-20H2,3-5H3. The van der Waals surface area contributed by atoms with Crippen LogP contribution in [0.2, 0.25) is 0 Å². The van der Waals surface area contributed by atoms with Crippen LogP contribution in [0, 0.1) is 16.7 Å². The molecule has 0 spiro atoms. The van der Waals surface area contributed by atoms with Gasteiger partial charge in [0.2, 0.25) is 0 Å². The molecule has 0 radical (unpaired) electrons. The molecule has 0 saturated heterocycles. The summed E-state index contributed by atoms with van der Waals surface area (Å²) in [5.41, 5.74) is 3.71. The third kappa shape index (κ3) is 5.15. The van der Waals surface area contributed by atoms with Crippen molar-refractivity contribution in [2.24, 2.45) is 16.7 Å². The lowest BCUT2D eigenvalue weighted by Crippen LogP contribution is -2.40. The van der Waals surface area contributed by atoms with Crippen molar-refractivity contribution in [3.05, 3.63) is 72.3 Å². The van der Waals surface area contributed by atoms with Gasteiger partial charge in [0.1, 0.15) is 13.2 Å². The molecule has 3 aliphatic carbocycles. The minimum Gasteiger partial charge on any atom is -0.494 e. The number of ether oxygens (including phenoxy) is 2. The van der Waals surface area contributed by atoms with E-state index < -0.39 is 0 Å². The molecule has 3 rings (SSSR count). The Bertz CT molecular complexity index is 696. The average Bonchev–Trinajstić information content (AvgIpc) is 2.70. The van der Waals surface area contributed by atoms with Gasteiger partial charge in [0, 0.05) is 18.3 Å². The maximum Gasteiger partial charge on any atom is 0.106 e. The molecule has 2 nitrogen and oxygen atoms in total. The van der Waals surface area contributed by atoms with Gasteiger partial charge in [0.15, 0.2) is 0 Å². The lowest BCUT2D eigenvalue weighted by Gasteiger charge is -2.51. The molecular formula is C27H38O2. The van der Waals surface area contributed by atoms with Gasteiger partial charge >= 0.3 is 0 Å². The number of hydrogen-bond donors (Lipinski definition) is 0. The van der Waals surface area contributed by atoms with Gasteiger partial charge in [0.25, 0.3) is 0 Å². The zero-order valence-corrected chi connectivity index (χ0v) is 18.6. The molecule has 2 heteroatoms. The van der Waals surface area contributed by atoms with E-state index >= 15 is 0 Å². The highest BCUT2D eigenvalue weighted by atomic mass is 16.5. The smallest absolute Gasteiger partial charge is 0.106 e. The quantitative estimate of drug-likeness (QED) is 0.398. The molecule has 1 fully saturated rings. The monoisotopic (exact) mass is 394 g/mol. The molecule has 1 atom stereocenters. The van der Waals surface area contributed by atoms with Gasteiger partial charge in [-0.2, -0.15) is 0 Å². The van der Waals surface area contributed by atoms with E-state index in [1.165, 1.54) is 19.3 Å². The minimum atomic E-state index is 0.169. The van der Waals surface area contributed by atoms with Crippen LogP contribution >= 0.6 is 0 Å². The van der Waals surface area contributed by atoms with E-state index in [-0.39, 0.29) is 5.41 Å². The van der Waals surface area contributed by atoms with E-state index in [9.17, 15) is 0 Å². The predicted molar refractivity (Wildman–Crippen MR) is 122 cm³/mol. The van der Waals surface area contributed by atoms with Crippen LogP contribution in [0.25, 0.3) is 0 Å². The zero-order chi connectivity index (χ0) is 20.9. The van der Waals surface area contributed by atoms with E-state index in [1.807, 2.05) is 12.2 Å². The molecule has 29 heavy (non-hydrogen) atoms. The fraction of sp³-hybridized carbons (Fsp3) is 0.556. The van der Waals surface area contributed by atoms with Crippen LogP contribution in [0.1, 0.15) is 65.7 Å². The summed E-state index contributed by atoms with van der Waals surface area (Å²) in [6.45, 7) is 16.0. The van der Waals surface area contributed by atoms with E-state index in [4.69, 9.17) is 9.47 Å². The van der Waals surface area contributed by atoms with E-state index in [0.717, 1.165) is 43.1 Å². The van der Waals surface area contributed by atoms with Gasteiger partial charge in [-0.15, -0.1) is 0 Å². The van der Waals surface area contributed by atoms with Gasteiger partial charge in [-0.25, -0.2) is 0 Å². The molecule has 0 amide bonds. The van der Waals surface area contributed by atoms with Crippen molar-refractivity contribution in [3.63, 3.8) is 0 Å². The van der Waals surface area contributed by atoms with Crippen molar-refractivity contribution in [2.75, 3.05) is 13.2 Å². The van der Waals surface area contributed by atoms with Crippen molar-refractivity contribution in [1.82, 2.24) is 0 Å². The fourth-order valence-corrected chi connectivity index (χ4v) is 5.87. The zero-order valence-electron chi connectivity index (χ0n) is 18.6. The highest BCUT2D eigenvalue weighted by molar-refractivity contribution is 5.40. The Labute approximate surface area is 177 Å². The Morgan fingerprint density at radius 3 is 1.76 bits per heavy atom. The summed E-state index contributed by atoms with van der Waals surface area (Å²) in [5.74, 6) is 2.90. The summed E-state index contributed by atoms with van der Waals surface area (Å²) in [5, 5.41) is 0. The third-order valence-corrected chi connectivity index (χ3v) is 6.60. The van der Waals surface area contributed by atoms with Gasteiger partial charge in [-0.05, 0) is 55.6 Å². The Kier molecular flexibility index (Phi) is 6.93. The summed E-state index contributed by atoms with van der Waals surface area (Å²) in [4.78, 5) is 0. The van der Waals surface area contributed by atoms with Crippen LogP contribution in [0.5, 0.6) is 0 Å². The topological polar surface area (TPSA) is 18.5 Å². The molecule has 0 N–H and O–H groups in total. The first-order chi connectivity index (χ1) is 13.9. The molecule has 0 aromatic heterocycles. The summed E-state index contributed by atoms with van der Waals surface area (Å²) in [6.07, 6.45) is 20.7. The van der Waals surface area contributed by atoms with Crippen molar-refractivity contribution >= 4 is 0 Å². The summed E-state index contributed by atoms with van der Waals surface area (Å²) in [7, 11) is 0. The molecule has 0 heterocycles. The van der Waals surface area contributed by atoms with Crippen molar-refractivity contribution < 1.29 is 9.47 Å². The van der Waals surface area contributed by atoms with Crippen LogP contribution in [-0.4, -0.2) is 13.2 Å². The van der Waals surface area contributed by atoms with E-state index in [2.05, 4.69) is 58.2 Å². The molecule has 0 aromatic rings. The first kappa shape index (κ1) is 21.7. The van der Waals surface area contributed by atoms with Crippen LogP contribution in [0.3, 0.4) is 0 Å². The molecule has 158 valence electrons. The van der Waals surface area contributed by atoms with Crippen LogP contribution < -0.4 is 0 Å². The SMILES string of the molecule is C=CCOC1=CC=C(C2(C3=CC=C(OCC=C)CC3)CC(C)CC(C)(C)C2)CC1. The molecule has 0 aliphatic heterocycles. The maximum absolute atomic E-state index is 5.81. The second-order valence-corrected chi connectivity index (χ2v) is 9.79. The van der Waals surface area contributed by atoms with Crippen LogP contribution in [0.15, 0.2) is 72.3 Å². The molecule has 3 aliphatic rings. The van der Waals surface area contributed by atoms with Gasteiger partial charge in [-0.1, -0.05) is 69.4 Å². The number of rotatable bonds is 8. The molecule has 0 bridgehead atoms. The van der Waals surface area contributed by atoms with E-state index in [0.29, 0.717) is 18.6 Å². The van der Waals surface area contributed by atoms with Crippen molar-refractivity contribution in [2.45, 2.75) is 65.7 Å². The summed E-state index contributed by atoms with van der Waals surface area (Å²) in [6, 6.07) is 0. The first-order valence-corrected chi connectivity index (χ1v) is 11.2. The number of hydrogen-bond acceptors (Lipinski definition) is 2. The normalized spacial score (nSPS) is 25.7. The second-order valence-electron chi connectivity index (χ2n) is 9.79. The van der Waals surface area contributed by atoms with Crippen molar-refractivity contribution in [3.8, 4) is 0 Å². The fourth-order valence-electron chi connectivity index (χ4n) is 5.87. The summed E-state index contributed by atoms with van der Waals surface area (Å²) >= 11 is 0. The Balaban J connectivity index is 1.94. The largest absolute Gasteiger partial charge is 0.494 e. The average molecular weight is 395 g/mol. The first-order valence-electron chi connectivity index (χ1n) is 11.2. The summed E-state index contributed by atoms with van der Waals surface area (Å²) < 4.78 is 11.6. The van der Waals surface area contributed by atoms with Crippen LogP contribution in [-0.2, 0) is 9.47 Å². The Hall–Kier alpha value is -1.96. The maximum atomic E-state index is 5.81. The van der Waals surface area contributed by atoms with Gasteiger partial charge in [0.05, 0.1) is 11.5 Å². The second kappa shape index (κ2) is 9.24. The lowest BCUT2D eigenvalue weighted by atomic mass is 9.53. The molecule has 1 saturated carbocycles. The molecule has 1 unspecified atom stereocenters. The van der Waals surface area contributed by atoms with Gasteiger partial charge in [-0.3, -0.25) is 0 Å². The van der Waals surface area contributed by atoms with E-state index in [1.54, 1.807) is 11.1 Å². The lowest BCUT2D eigenvalue weighted by molar-refractivity contribution is 0.0920. The Morgan fingerprint density at radius 1 is 0.862 bits per heavy atom. The highest BCUT2D eigenvalue weighted by Gasteiger charge is 2.47. The number of allylic oxidation sites excluding steroid dienone is 8.